The van der Waals surface area contributed by atoms with E-state index in [4.69, 9.17) is 10.8 Å². The minimum atomic E-state index is -1.24. The lowest BCUT2D eigenvalue weighted by atomic mass is 10.1. The van der Waals surface area contributed by atoms with Crippen molar-refractivity contribution in [3.8, 4) is 0 Å². The molecule has 0 aliphatic carbocycles. The molecule has 0 aliphatic heterocycles. The fourth-order valence-electron chi connectivity index (χ4n) is 0.859. The quantitative estimate of drug-likeness (QED) is 0.542. The molecule has 7 heteroatoms. The maximum atomic E-state index is 11.1. The molecule has 1 rings (SSSR count). The number of aromatic nitrogens is 2. The molecule has 7 nitrogen and oxygen atoms in total. The summed E-state index contributed by atoms with van der Waals surface area (Å²) < 4.78 is 0. The van der Waals surface area contributed by atoms with E-state index >= 15 is 0 Å². The summed E-state index contributed by atoms with van der Waals surface area (Å²) >= 11 is 0. The first-order valence-corrected chi connectivity index (χ1v) is 4.19. The molecule has 0 aromatic carbocycles. The molecule has 0 amide bonds. The van der Waals surface area contributed by atoms with E-state index < -0.39 is 17.1 Å². The summed E-state index contributed by atoms with van der Waals surface area (Å²) in [6.07, 6.45) is 1.15. The number of carbonyl (C=O) groups is 1. The molecule has 1 heterocycles. The van der Waals surface area contributed by atoms with Crippen LogP contribution in [0, 0.1) is 0 Å². The van der Waals surface area contributed by atoms with E-state index in [-0.39, 0.29) is 11.5 Å². The summed E-state index contributed by atoms with van der Waals surface area (Å²) in [7, 11) is 0. The van der Waals surface area contributed by atoms with Gasteiger partial charge in [-0.2, -0.15) is 0 Å². The standard InChI is InChI=1S/C8H12N4O3/c1-8(2,7(14)15)12-5-4(9)6(13)11-3-10-5/h3H,9H2,1-2H3,(H,14,15)(H2,10,11,12,13). The van der Waals surface area contributed by atoms with Gasteiger partial charge in [0.1, 0.15) is 11.2 Å². The zero-order valence-corrected chi connectivity index (χ0v) is 8.37. The molecular weight excluding hydrogens is 200 g/mol. The van der Waals surface area contributed by atoms with Gasteiger partial charge in [0.05, 0.1) is 6.33 Å². The number of aliphatic carboxylic acids is 1. The van der Waals surface area contributed by atoms with Crippen LogP contribution in [-0.2, 0) is 4.79 Å². The number of nitrogens with zero attached hydrogens (tertiary/aromatic N) is 1. The van der Waals surface area contributed by atoms with Gasteiger partial charge in [0.2, 0.25) is 0 Å². The first-order valence-electron chi connectivity index (χ1n) is 4.19. The van der Waals surface area contributed by atoms with E-state index in [0.717, 1.165) is 6.33 Å². The summed E-state index contributed by atoms with van der Waals surface area (Å²) in [5.74, 6) is -1.00. The lowest BCUT2D eigenvalue weighted by molar-refractivity contribution is -0.141. The van der Waals surface area contributed by atoms with Crippen LogP contribution in [0.15, 0.2) is 11.1 Å². The van der Waals surface area contributed by atoms with Crippen LogP contribution >= 0.6 is 0 Å². The number of nitrogens with one attached hydrogen (secondary N) is 2. The summed E-state index contributed by atoms with van der Waals surface area (Å²) in [5.41, 5.74) is 3.55. The summed E-state index contributed by atoms with van der Waals surface area (Å²) in [6, 6.07) is 0. The molecule has 1 aromatic rings. The number of anilines is 2. The fourth-order valence-corrected chi connectivity index (χ4v) is 0.859. The van der Waals surface area contributed by atoms with Gasteiger partial charge in [-0.1, -0.05) is 0 Å². The normalized spacial score (nSPS) is 11.1. The van der Waals surface area contributed by atoms with Crippen LogP contribution in [0.1, 0.15) is 13.8 Å². The van der Waals surface area contributed by atoms with E-state index in [9.17, 15) is 9.59 Å². The first kappa shape index (κ1) is 11.0. The third-order valence-corrected chi connectivity index (χ3v) is 1.85. The lowest BCUT2D eigenvalue weighted by Gasteiger charge is -2.21. The number of carboxylic acids is 1. The Morgan fingerprint density at radius 3 is 2.80 bits per heavy atom. The zero-order valence-electron chi connectivity index (χ0n) is 8.37. The van der Waals surface area contributed by atoms with Gasteiger partial charge in [-0.05, 0) is 13.8 Å². The Kier molecular flexibility index (Phi) is 2.65. The SMILES string of the molecule is CC(C)(Nc1nc[nH]c(=O)c1N)C(=O)O. The number of nitrogen functional groups attached to an aromatic ring is 1. The smallest absolute Gasteiger partial charge is 0.328 e. The number of carboxylic acid groups (broad SMARTS) is 1. The van der Waals surface area contributed by atoms with Crippen molar-refractivity contribution in [3.63, 3.8) is 0 Å². The highest BCUT2D eigenvalue weighted by molar-refractivity contribution is 5.82. The second-order valence-electron chi connectivity index (χ2n) is 3.55. The molecule has 0 atom stereocenters. The summed E-state index contributed by atoms with van der Waals surface area (Å²) in [5, 5.41) is 11.4. The zero-order chi connectivity index (χ0) is 11.6. The Morgan fingerprint density at radius 1 is 1.67 bits per heavy atom. The molecule has 0 fully saturated rings. The largest absolute Gasteiger partial charge is 0.480 e. The second-order valence-corrected chi connectivity index (χ2v) is 3.55. The Labute approximate surface area is 85.3 Å². The fraction of sp³-hybridized carbons (Fsp3) is 0.375. The van der Waals surface area contributed by atoms with Gasteiger partial charge in [0.25, 0.3) is 5.56 Å². The monoisotopic (exact) mass is 212 g/mol. The Morgan fingerprint density at radius 2 is 2.27 bits per heavy atom. The summed E-state index contributed by atoms with van der Waals surface area (Å²) in [6.45, 7) is 2.88. The summed E-state index contributed by atoms with van der Waals surface area (Å²) in [4.78, 5) is 27.9. The molecule has 0 saturated heterocycles. The third-order valence-electron chi connectivity index (χ3n) is 1.85. The number of H-pyrrole nitrogens is 1. The predicted octanol–water partition coefficient (Wildman–Crippen LogP) is -0.373. The maximum absolute atomic E-state index is 11.1. The van der Waals surface area contributed by atoms with Gasteiger partial charge in [0.15, 0.2) is 5.82 Å². The first-order chi connectivity index (χ1) is 6.84. The molecule has 1 aromatic heterocycles. The van der Waals surface area contributed by atoms with Gasteiger partial charge in [-0.15, -0.1) is 0 Å². The molecule has 5 N–H and O–H groups in total. The molecule has 15 heavy (non-hydrogen) atoms. The number of nitrogens with two attached hydrogens (primary N) is 1. The van der Waals surface area contributed by atoms with Crippen molar-refractivity contribution >= 4 is 17.5 Å². The maximum Gasteiger partial charge on any atom is 0.328 e. The highest BCUT2D eigenvalue weighted by Crippen LogP contribution is 2.15. The Bertz CT molecular complexity index is 438. The van der Waals surface area contributed by atoms with Crippen LogP contribution in [0.25, 0.3) is 0 Å². The minimum Gasteiger partial charge on any atom is -0.480 e. The highest BCUT2D eigenvalue weighted by Gasteiger charge is 2.28. The van der Waals surface area contributed by atoms with Crippen LogP contribution in [0.2, 0.25) is 0 Å². The van der Waals surface area contributed by atoms with Crippen LogP contribution < -0.4 is 16.6 Å². The van der Waals surface area contributed by atoms with E-state index in [1.54, 1.807) is 0 Å². The number of aromatic amines is 1. The van der Waals surface area contributed by atoms with Crippen LogP contribution in [0.4, 0.5) is 11.5 Å². The van der Waals surface area contributed by atoms with Gasteiger partial charge in [-0.25, -0.2) is 9.78 Å². The molecular formula is C8H12N4O3. The van der Waals surface area contributed by atoms with Crippen molar-refractivity contribution in [1.82, 2.24) is 9.97 Å². The average molecular weight is 212 g/mol. The van der Waals surface area contributed by atoms with E-state index in [0.29, 0.717) is 0 Å². The predicted molar refractivity (Wildman–Crippen MR) is 54.6 cm³/mol. The van der Waals surface area contributed by atoms with Crippen LogP contribution in [-0.4, -0.2) is 26.6 Å². The van der Waals surface area contributed by atoms with Crippen molar-refractivity contribution < 1.29 is 9.90 Å². The van der Waals surface area contributed by atoms with Crippen LogP contribution in [0.5, 0.6) is 0 Å². The van der Waals surface area contributed by atoms with E-state index in [2.05, 4.69) is 15.3 Å². The second kappa shape index (κ2) is 3.60. The molecule has 0 saturated carbocycles. The Balaban J connectivity index is 3.05. The van der Waals surface area contributed by atoms with Gasteiger partial charge >= 0.3 is 5.97 Å². The number of rotatable bonds is 3. The van der Waals surface area contributed by atoms with Crippen molar-refractivity contribution in [3.05, 3.63) is 16.7 Å². The topological polar surface area (TPSA) is 121 Å². The number of hydrogen-bond acceptors (Lipinski definition) is 5. The van der Waals surface area contributed by atoms with E-state index in [1.807, 2.05) is 0 Å². The molecule has 0 spiro atoms. The third kappa shape index (κ3) is 2.25. The highest BCUT2D eigenvalue weighted by atomic mass is 16.4. The number of hydrogen-bond donors (Lipinski definition) is 4. The van der Waals surface area contributed by atoms with Crippen molar-refractivity contribution in [2.24, 2.45) is 0 Å². The van der Waals surface area contributed by atoms with Crippen molar-refractivity contribution in [2.75, 3.05) is 11.1 Å². The molecule has 0 radical (unpaired) electrons. The molecule has 82 valence electrons. The van der Waals surface area contributed by atoms with E-state index in [1.165, 1.54) is 13.8 Å². The van der Waals surface area contributed by atoms with Gasteiger partial charge in [0, 0.05) is 0 Å². The van der Waals surface area contributed by atoms with Gasteiger partial charge in [-0.3, -0.25) is 4.79 Å². The lowest BCUT2D eigenvalue weighted by Crippen LogP contribution is -2.41. The molecule has 0 unspecified atom stereocenters. The molecule has 0 aliphatic rings. The van der Waals surface area contributed by atoms with Crippen molar-refractivity contribution in [1.29, 1.82) is 0 Å². The van der Waals surface area contributed by atoms with Gasteiger partial charge < -0.3 is 21.1 Å². The van der Waals surface area contributed by atoms with Crippen molar-refractivity contribution in [2.45, 2.75) is 19.4 Å². The van der Waals surface area contributed by atoms with Crippen LogP contribution in [0.3, 0.4) is 0 Å². The minimum absolute atomic E-state index is 0.0613. The molecule has 0 bridgehead atoms. The Hall–Kier alpha value is -2.05. The average Bonchev–Trinajstić information content (AvgIpc) is 2.12.